The molecule has 2 heterocycles. The van der Waals surface area contributed by atoms with Gasteiger partial charge in [0, 0.05) is 31.1 Å². The van der Waals surface area contributed by atoms with Crippen molar-refractivity contribution in [3.63, 3.8) is 0 Å². The van der Waals surface area contributed by atoms with Crippen LogP contribution in [0.4, 0.5) is 5.82 Å². The van der Waals surface area contributed by atoms with Crippen molar-refractivity contribution < 1.29 is 0 Å². The Labute approximate surface area is 114 Å². The number of H-pyrrole nitrogens is 1. The van der Waals surface area contributed by atoms with E-state index in [0.29, 0.717) is 6.04 Å². The molecule has 2 N–H and O–H groups in total. The van der Waals surface area contributed by atoms with Gasteiger partial charge in [-0.05, 0) is 19.4 Å². The molecule has 0 radical (unpaired) electrons. The molecular formula is C14H24N4O. The highest BCUT2D eigenvalue weighted by molar-refractivity contribution is 5.38. The van der Waals surface area contributed by atoms with Crippen LogP contribution < -0.4 is 15.8 Å². The monoisotopic (exact) mass is 264 g/mol. The Bertz CT molecular complexity index is 461. The zero-order valence-electron chi connectivity index (χ0n) is 12.1. The lowest BCUT2D eigenvalue weighted by molar-refractivity contribution is 0.422. The van der Waals surface area contributed by atoms with Gasteiger partial charge in [0.2, 0.25) is 0 Å². The number of aromatic amines is 1. The predicted molar refractivity (Wildman–Crippen MR) is 77.9 cm³/mol. The Kier molecular flexibility index (Phi) is 4.58. The van der Waals surface area contributed by atoms with Crippen LogP contribution in [0.15, 0.2) is 10.9 Å². The van der Waals surface area contributed by atoms with Crippen LogP contribution in [0.3, 0.4) is 0 Å². The molecule has 0 atom stereocenters. The van der Waals surface area contributed by atoms with Crippen LogP contribution in [-0.4, -0.2) is 35.6 Å². The molecule has 0 spiro atoms. The van der Waals surface area contributed by atoms with Gasteiger partial charge in [-0.15, -0.1) is 0 Å². The van der Waals surface area contributed by atoms with Crippen LogP contribution in [0.5, 0.6) is 0 Å². The van der Waals surface area contributed by atoms with E-state index in [0.717, 1.165) is 44.1 Å². The van der Waals surface area contributed by atoms with Crippen LogP contribution in [0, 0.1) is 0 Å². The first-order valence-electron chi connectivity index (χ1n) is 7.19. The van der Waals surface area contributed by atoms with Crippen LogP contribution in [-0.2, 0) is 0 Å². The van der Waals surface area contributed by atoms with E-state index in [4.69, 9.17) is 0 Å². The second kappa shape index (κ2) is 6.19. The molecule has 0 aliphatic carbocycles. The first kappa shape index (κ1) is 14.1. The molecular weight excluding hydrogens is 240 g/mol. The summed E-state index contributed by atoms with van der Waals surface area (Å²) in [6.07, 6.45) is 2.22. The third-order valence-electron chi connectivity index (χ3n) is 3.61. The average molecular weight is 264 g/mol. The Hall–Kier alpha value is -1.36. The maximum absolute atomic E-state index is 11.7. The van der Waals surface area contributed by atoms with E-state index in [1.54, 1.807) is 6.07 Å². The summed E-state index contributed by atoms with van der Waals surface area (Å²) >= 11 is 0. The normalized spacial score (nSPS) is 17.2. The molecule has 5 nitrogen and oxygen atoms in total. The van der Waals surface area contributed by atoms with E-state index in [-0.39, 0.29) is 11.5 Å². The van der Waals surface area contributed by atoms with Gasteiger partial charge in [0.05, 0.1) is 0 Å². The van der Waals surface area contributed by atoms with Crippen molar-refractivity contribution in [2.24, 2.45) is 0 Å². The number of anilines is 1. The predicted octanol–water partition coefficient (Wildman–Crippen LogP) is 1.47. The Morgan fingerprint density at radius 3 is 2.74 bits per heavy atom. The molecule has 19 heavy (non-hydrogen) atoms. The Morgan fingerprint density at radius 1 is 1.47 bits per heavy atom. The number of hydrogen-bond donors (Lipinski definition) is 2. The summed E-state index contributed by atoms with van der Waals surface area (Å²) in [6.45, 7) is 9.17. The molecule has 106 valence electrons. The Morgan fingerprint density at radius 2 is 2.16 bits per heavy atom. The van der Waals surface area contributed by atoms with Crippen molar-refractivity contribution in [2.75, 3.05) is 24.5 Å². The zero-order valence-corrected chi connectivity index (χ0v) is 12.1. The largest absolute Gasteiger partial charge is 0.356 e. The van der Waals surface area contributed by atoms with Crippen LogP contribution >= 0.6 is 0 Å². The molecule has 1 aliphatic rings. The third kappa shape index (κ3) is 3.56. The second-order valence-corrected chi connectivity index (χ2v) is 5.46. The fourth-order valence-corrected chi connectivity index (χ4v) is 2.50. The molecule has 1 aromatic heterocycles. The molecule has 2 rings (SSSR count). The van der Waals surface area contributed by atoms with E-state index in [2.05, 4.69) is 27.1 Å². The highest BCUT2D eigenvalue weighted by atomic mass is 16.1. The second-order valence-electron chi connectivity index (χ2n) is 5.46. The average Bonchev–Trinajstić information content (AvgIpc) is 2.39. The van der Waals surface area contributed by atoms with E-state index in [1.807, 2.05) is 13.8 Å². The smallest absolute Gasteiger partial charge is 0.252 e. The quantitative estimate of drug-likeness (QED) is 0.864. The van der Waals surface area contributed by atoms with Gasteiger partial charge in [-0.2, -0.15) is 0 Å². The van der Waals surface area contributed by atoms with Crippen LogP contribution in [0.25, 0.3) is 0 Å². The van der Waals surface area contributed by atoms with Crippen LogP contribution in [0.2, 0.25) is 0 Å². The number of nitrogens with zero attached hydrogens (tertiary/aromatic N) is 2. The van der Waals surface area contributed by atoms with Crippen molar-refractivity contribution in [2.45, 2.75) is 45.6 Å². The summed E-state index contributed by atoms with van der Waals surface area (Å²) in [6, 6.07) is 2.22. The van der Waals surface area contributed by atoms with Gasteiger partial charge < -0.3 is 15.2 Å². The first-order chi connectivity index (χ1) is 9.10. The van der Waals surface area contributed by atoms with Gasteiger partial charge in [0.25, 0.3) is 5.56 Å². The SMILES string of the molecule is CCNC1CCN(c2cc(=O)[nH]c(C(C)C)n2)CC1. The fraction of sp³-hybridized carbons (Fsp3) is 0.714. The van der Waals surface area contributed by atoms with E-state index < -0.39 is 0 Å². The maximum atomic E-state index is 11.7. The summed E-state index contributed by atoms with van der Waals surface area (Å²) in [5, 5.41) is 3.48. The minimum absolute atomic E-state index is 0.0532. The lowest BCUT2D eigenvalue weighted by atomic mass is 10.1. The molecule has 1 saturated heterocycles. The topological polar surface area (TPSA) is 61.0 Å². The molecule has 1 aliphatic heterocycles. The number of aromatic nitrogens is 2. The molecule has 1 fully saturated rings. The maximum Gasteiger partial charge on any atom is 0.252 e. The molecule has 0 unspecified atom stereocenters. The summed E-state index contributed by atoms with van der Waals surface area (Å²) in [5.74, 6) is 1.84. The minimum atomic E-state index is -0.0532. The van der Waals surface area contributed by atoms with Crippen molar-refractivity contribution in [3.8, 4) is 0 Å². The summed E-state index contributed by atoms with van der Waals surface area (Å²) in [7, 11) is 0. The standard InChI is InChI=1S/C14H24N4O/c1-4-15-11-5-7-18(8-6-11)12-9-13(19)17-14(16-12)10(2)3/h9-11,15H,4-8H2,1-3H3,(H,16,17,19). The van der Waals surface area contributed by atoms with Gasteiger partial charge in [0.1, 0.15) is 11.6 Å². The summed E-state index contributed by atoms with van der Waals surface area (Å²) in [4.78, 5) is 21.3. The van der Waals surface area contributed by atoms with Gasteiger partial charge in [-0.3, -0.25) is 4.79 Å². The molecule has 0 amide bonds. The number of nitrogens with one attached hydrogen (secondary N) is 2. The lowest BCUT2D eigenvalue weighted by Crippen LogP contribution is -2.43. The summed E-state index contributed by atoms with van der Waals surface area (Å²) < 4.78 is 0. The van der Waals surface area contributed by atoms with Gasteiger partial charge >= 0.3 is 0 Å². The van der Waals surface area contributed by atoms with Crippen molar-refractivity contribution in [1.29, 1.82) is 0 Å². The summed E-state index contributed by atoms with van der Waals surface area (Å²) in [5.41, 5.74) is -0.0532. The van der Waals surface area contributed by atoms with E-state index in [1.165, 1.54) is 0 Å². The molecule has 0 saturated carbocycles. The highest BCUT2D eigenvalue weighted by Crippen LogP contribution is 2.18. The molecule has 5 heteroatoms. The minimum Gasteiger partial charge on any atom is -0.356 e. The third-order valence-corrected chi connectivity index (χ3v) is 3.61. The van der Waals surface area contributed by atoms with Crippen molar-refractivity contribution in [3.05, 3.63) is 22.2 Å². The van der Waals surface area contributed by atoms with Gasteiger partial charge in [0.15, 0.2) is 0 Å². The van der Waals surface area contributed by atoms with Crippen molar-refractivity contribution >= 4 is 5.82 Å². The fourth-order valence-electron chi connectivity index (χ4n) is 2.50. The zero-order chi connectivity index (χ0) is 13.8. The van der Waals surface area contributed by atoms with Gasteiger partial charge in [-0.25, -0.2) is 4.98 Å². The molecule has 0 bridgehead atoms. The lowest BCUT2D eigenvalue weighted by Gasteiger charge is -2.33. The first-order valence-corrected chi connectivity index (χ1v) is 7.19. The molecule has 1 aromatic rings. The molecule has 0 aromatic carbocycles. The Balaban J connectivity index is 2.09. The number of piperidine rings is 1. The number of hydrogen-bond acceptors (Lipinski definition) is 4. The highest BCUT2D eigenvalue weighted by Gasteiger charge is 2.20. The van der Waals surface area contributed by atoms with E-state index >= 15 is 0 Å². The number of rotatable bonds is 4. The van der Waals surface area contributed by atoms with Gasteiger partial charge in [-0.1, -0.05) is 20.8 Å². The van der Waals surface area contributed by atoms with Crippen molar-refractivity contribution in [1.82, 2.24) is 15.3 Å². The van der Waals surface area contributed by atoms with E-state index in [9.17, 15) is 4.79 Å². The van der Waals surface area contributed by atoms with Crippen LogP contribution in [0.1, 0.15) is 45.4 Å².